The lowest BCUT2D eigenvalue weighted by Crippen LogP contribution is -2.38. The summed E-state index contributed by atoms with van der Waals surface area (Å²) in [5.41, 5.74) is 1.78. The molecule has 3 nitrogen and oxygen atoms in total. The van der Waals surface area contributed by atoms with Crippen LogP contribution in [0, 0.1) is 0 Å². The molecular weight excluding hydrogens is 233 g/mol. The van der Waals surface area contributed by atoms with Crippen LogP contribution in [0.1, 0.15) is 25.5 Å². The number of halogens is 3. The number of hydrogen-bond donors (Lipinski definition) is 2. The van der Waals surface area contributed by atoms with Gasteiger partial charge in [-0.25, -0.2) is 5.43 Å². The Bertz CT molecular complexity index is 366. The summed E-state index contributed by atoms with van der Waals surface area (Å²) in [7, 11) is 0. The first kappa shape index (κ1) is 13.8. The summed E-state index contributed by atoms with van der Waals surface area (Å²) < 4.78 is 43.2. The van der Waals surface area contributed by atoms with Crippen molar-refractivity contribution >= 4 is 0 Å². The first-order valence-electron chi connectivity index (χ1n) is 5.14. The quantitative estimate of drug-likeness (QED) is 0.636. The molecule has 0 radical (unpaired) electrons. The highest BCUT2D eigenvalue weighted by atomic mass is 19.4. The van der Waals surface area contributed by atoms with E-state index in [0.717, 1.165) is 0 Å². The van der Waals surface area contributed by atoms with Crippen LogP contribution in [0.15, 0.2) is 24.3 Å². The van der Waals surface area contributed by atoms with Gasteiger partial charge in [0.1, 0.15) is 11.8 Å². The van der Waals surface area contributed by atoms with E-state index in [0.29, 0.717) is 5.75 Å². The third-order valence-corrected chi connectivity index (χ3v) is 2.06. The Kier molecular flexibility index (Phi) is 4.36. The molecule has 0 aliphatic rings. The van der Waals surface area contributed by atoms with Crippen LogP contribution in [0.2, 0.25) is 0 Å². The fourth-order valence-corrected chi connectivity index (χ4v) is 1.42. The van der Waals surface area contributed by atoms with Crippen molar-refractivity contribution in [2.24, 2.45) is 5.84 Å². The monoisotopic (exact) mass is 248 g/mol. The fraction of sp³-hybridized carbons (Fsp3) is 0.455. The van der Waals surface area contributed by atoms with Gasteiger partial charge < -0.3 is 4.74 Å². The Morgan fingerprint density at radius 2 is 1.94 bits per heavy atom. The van der Waals surface area contributed by atoms with Crippen molar-refractivity contribution in [3.05, 3.63) is 29.8 Å². The predicted molar refractivity (Wildman–Crippen MR) is 58.3 cm³/mol. The predicted octanol–water partition coefficient (Wildman–Crippen LogP) is 2.54. The average molecular weight is 248 g/mol. The molecule has 0 fully saturated rings. The Morgan fingerprint density at radius 1 is 1.29 bits per heavy atom. The van der Waals surface area contributed by atoms with E-state index in [9.17, 15) is 13.2 Å². The van der Waals surface area contributed by atoms with E-state index in [-0.39, 0.29) is 11.7 Å². The van der Waals surface area contributed by atoms with Crippen LogP contribution >= 0.6 is 0 Å². The number of nitrogens with one attached hydrogen (secondary N) is 1. The first-order chi connectivity index (χ1) is 7.84. The van der Waals surface area contributed by atoms with Crippen LogP contribution < -0.4 is 16.0 Å². The third-order valence-electron chi connectivity index (χ3n) is 2.06. The van der Waals surface area contributed by atoms with Crippen LogP contribution in [0.25, 0.3) is 0 Å². The molecule has 0 bridgehead atoms. The number of hydrogen-bond acceptors (Lipinski definition) is 3. The van der Waals surface area contributed by atoms with E-state index in [1.807, 2.05) is 0 Å². The van der Waals surface area contributed by atoms with E-state index in [4.69, 9.17) is 10.6 Å². The molecule has 6 heteroatoms. The molecule has 17 heavy (non-hydrogen) atoms. The molecule has 1 rings (SSSR count). The number of alkyl halides is 3. The van der Waals surface area contributed by atoms with Gasteiger partial charge in [0.05, 0.1) is 6.10 Å². The number of ether oxygens (including phenoxy) is 1. The highest BCUT2D eigenvalue weighted by Crippen LogP contribution is 2.33. The second-order valence-electron chi connectivity index (χ2n) is 3.88. The molecule has 0 aliphatic heterocycles. The van der Waals surface area contributed by atoms with Crippen LogP contribution in [0.4, 0.5) is 13.2 Å². The van der Waals surface area contributed by atoms with Crippen molar-refractivity contribution < 1.29 is 17.9 Å². The molecule has 0 amide bonds. The van der Waals surface area contributed by atoms with Gasteiger partial charge in [-0.15, -0.1) is 0 Å². The molecular formula is C11H15F3N2O. The largest absolute Gasteiger partial charge is 0.491 e. The van der Waals surface area contributed by atoms with Gasteiger partial charge in [0.2, 0.25) is 0 Å². The van der Waals surface area contributed by atoms with E-state index in [2.05, 4.69) is 0 Å². The molecule has 3 N–H and O–H groups in total. The van der Waals surface area contributed by atoms with Gasteiger partial charge >= 0.3 is 6.18 Å². The van der Waals surface area contributed by atoms with E-state index in [1.54, 1.807) is 25.3 Å². The van der Waals surface area contributed by atoms with Crippen LogP contribution in [0.3, 0.4) is 0 Å². The molecule has 0 aliphatic carbocycles. The standard InChI is InChI=1S/C11H15F3N2O/c1-7(2)17-9-5-3-4-8(6-9)10(16-15)11(12,13)14/h3-7,10,16H,15H2,1-2H3. The van der Waals surface area contributed by atoms with Crippen molar-refractivity contribution in [3.63, 3.8) is 0 Å². The van der Waals surface area contributed by atoms with Crippen LogP contribution in [-0.2, 0) is 0 Å². The highest BCUT2D eigenvalue weighted by Gasteiger charge is 2.40. The lowest BCUT2D eigenvalue weighted by Gasteiger charge is -2.20. The first-order valence-corrected chi connectivity index (χ1v) is 5.14. The summed E-state index contributed by atoms with van der Waals surface area (Å²) >= 11 is 0. The van der Waals surface area contributed by atoms with Crippen LogP contribution in [-0.4, -0.2) is 12.3 Å². The Morgan fingerprint density at radius 3 is 2.41 bits per heavy atom. The minimum atomic E-state index is -4.44. The minimum Gasteiger partial charge on any atom is -0.491 e. The maximum atomic E-state index is 12.6. The lowest BCUT2D eigenvalue weighted by molar-refractivity contribution is -0.157. The zero-order valence-electron chi connectivity index (χ0n) is 9.58. The summed E-state index contributed by atoms with van der Waals surface area (Å²) in [5, 5.41) is 0. The van der Waals surface area contributed by atoms with Gasteiger partial charge in [-0.3, -0.25) is 5.84 Å². The van der Waals surface area contributed by atoms with Crippen molar-refractivity contribution in [1.29, 1.82) is 0 Å². The number of nitrogens with two attached hydrogens (primary N) is 1. The summed E-state index contributed by atoms with van der Waals surface area (Å²) in [6.07, 6.45) is -4.54. The smallest absolute Gasteiger partial charge is 0.409 e. The molecule has 1 unspecified atom stereocenters. The Balaban J connectivity index is 2.97. The topological polar surface area (TPSA) is 47.3 Å². The Hall–Kier alpha value is -1.27. The number of hydrazine groups is 1. The molecule has 1 atom stereocenters. The summed E-state index contributed by atoms with van der Waals surface area (Å²) in [6.45, 7) is 3.60. The summed E-state index contributed by atoms with van der Waals surface area (Å²) in [5.74, 6) is 5.32. The number of benzene rings is 1. The van der Waals surface area contributed by atoms with Crippen molar-refractivity contribution in [2.75, 3.05) is 0 Å². The fourth-order valence-electron chi connectivity index (χ4n) is 1.42. The molecule has 0 spiro atoms. The molecule has 0 heterocycles. The van der Waals surface area contributed by atoms with Crippen molar-refractivity contribution in [1.82, 2.24) is 5.43 Å². The molecule has 0 saturated carbocycles. The minimum absolute atomic E-state index is 0.0261. The normalized spacial score (nSPS) is 13.8. The van der Waals surface area contributed by atoms with E-state index >= 15 is 0 Å². The SMILES string of the molecule is CC(C)Oc1cccc(C(NN)C(F)(F)F)c1. The third kappa shape index (κ3) is 3.90. The van der Waals surface area contributed by atoms with Crippen LogP contribution in [0.5, 0.6) is 5.75 Å². The van der Waals surface area contributed by atoms with Gasteiger partial charge in [-0.2, -0.15) is 13.2 Å². The maximum absolute atomic E-state index is 12.6. The molecule has 1 aromatic carbocycles. The van der Waals surface area contributed by atoms with Gasteiger partial charge in [-0.1, -0.05) is 12.1 Å². The maximum Gasteiger partial charge on any atom is 0.409 e. The lowest BCUT2D eigenvalue weighted by atomic mass is 10.1. The van der Waals surface area contributed by atoms with Gasteiger partial charge in [-0.05, 0) is 31.5 Å². The summed E-state index contributed by atoms with van der Waals surface area (Å²) in [4.78, 5) is 0. The summed E-state index contributed by atoms with van der Waals surface area (Å²) in [6, 6.07) is 3.90. The molecule has 0 aromatic heterocycles. The zero-order chi connectivity index (χ0) is 13.1. The van der Waals surface area contributed by atoms with Gasteiger partial charge in [0.25, 0.3) is 0 Å². The highest BCUT2D eigenvalue weighted by molar-refractivity contribution is 5.31. The Labute approximate surface area is 97.7 Å². The molecule has 0 saturated heterocycles. The molecule has 1 aromatic rings. The van der Waals surface area contributed by atoms with E-state index in [1.165, 1.54) is 18.2 Å². The van der Waals surface area contributed by atoms with Crippen molar-refractivity contribution in [3.8, 4) is 5.75 Å². The van der Waals surface area contributed by atoms with Gasteiger partial charge in [0, 0.05) is 0 Å². The second-order valence-corrected chi connectivity index (χ2v) is 3.88. The van der Waals surface area contributed by atoms with Gasteiger partial charge in [0.15, 0.2) is 0 Å². The second kappa shape index (κ2) is 5.37. The van der Waals surface area contributed by atoms with E-state index < -0.39 is 12.2 Å². The molecule has 96 valence electrons. The number of rotatable bonds is 4. The zero-order valence-corrected chi connectivity index (χ0v) is 9.58. The van der Waals surface area contributed by atoms with Crippen molar-refractivity contribution in [2.45, 2.75) is 32.2 Å². The average Bonchev–Trinajstić information content (AvgIpc) is 2.15.